The second-order valence-corrected chi connectivity index (χ2v) is 6.30. The van der Waals surface area contributed by atoms with Crippen molar-refractivity contribution in [3.05, 3.63) is 59.7 Å². The molecule has 0 atom stereocenters. The van der Waals surface area contributed by atoms with E-state index in [1.165, 1.54) is 29.9 Å². The molecule has 23 heavy (non-hydrogen) atoms. The van der Waals surface area contributed by atoms with Crippen LogP contribution in [0.5, 0.6) is 5.75 Å². The molecule has 0 amide bonds. The summed E-state index contributed by atoms with van der Waals surface area (Å²) in [5.74, 6) is 1.01. The highest BCUT2D eigenvalue weighted by atomic mass is 16.5. The fraction of sp³-hybridized carbons (Fsp3) is 0.400. The number of rotatable bonds is 5. The van der Waals surface area contributed by atoms with E-state index in [1.54, 1.807) is 4.90 Å². The lowest BCUT2D eigenvalue weighted by Crippen LogP contribution is -3.13. The number of para-hydroxylation sites is 2. The van der Waals surface area contributed by atoms with Gasteiger partial charge in [-0.15, -0.1) is 0 Å². The zero-order chi connectivity index (χ0) is 16.1. The molecule has 0 aromatic heterocycles. The Morgan fingerprint density at radius 1 is 1.04 bits per heavy atom. The highest BCUT2D eigenvalue weighted by molar-refractivity contribution is 5.58. The van der Waals surface area contributed by atoms with Gasteiger partial charge in [-0.3, -0.25) is 0 Å². The zero-order valence-corrected chi connectivity index (χ0v) is 14.2. The third kappa shape index (κ3) is 4.05. The molecule has 0 unspecified atom stereocenters. The maximum Gasteiger partial charge on any atom is 0.142 e. The van der Waals surface area contributed by atoms with Crippen molar-refractivity contribution < 1.29 is 9.64 Å². The summed E-state index contributed by atoms with van der Waals surface area (Å²) in [4.78, 5) is 4.13. The Labute approximate surface area is 139 Å². The van der Waals surface area contributed by atoms with E-state index in [0.717, 1.165) is 32.0 Å². The average molecular weight is 311 g/mol. The van der Waals surface area contributed by atoms with E-state index in [1.807, 2.05) is 13.0 Å². The molecule has 0 aliphatic carbocycles. The number of nitrogens with zero attached hydrogens (tertiary/aromatic N) is 1. The van der Waals surface area contributed by atoms with Crippen molar-refractivity contribution in [2.75, 3.05) is 37.7 Å². The second-order valence-electron chi connectivity index (χ2n) is 6.30. The van der Waals surface area contributed by atoms with Gasteiger partial charge >= 0.3 is 0 Å². The molecule has 3 heteroatoms. The van der Waals surface area contributed by atoms with Crippen molar-refractivity contribution >= 4 is 5.69 Å². The van der Waals surface area contributed by atoms with Gasteiger partial charge < -0.3 is 14.5 Å². The number of nitrogens with one attached hydrogen (secondary N) is 1. The second kappa shape index (κ2) is 7.51. The van der Waals surface area contributed by atoms with Crippen LogP contribution in [0.25, 0.3) is 0 Å². The molecule has 3 rings (SSSR count). The number of quaternary nitrogens is 1. The minimum Gasteiger partial charge on any atom is -0.492 e. The first kappa shape index (κ1) is 15.9. The monoisotopic (exact) mass is 311 g/mol. The number of hydrogen-bond acceptors (Lipinski definition) is 2. The summed E-state index contributed by atoms with van der Waals surface area (Å²) in [5, 5.41) is 0. The van der Waals surface area contributed by atoms with Gasteiger partial charge in [-0.25, -0.2) is 0 Å². The van der Waals surface area contributed by atoms with Crippen LogP contribution < -0.4 is 14.5 Å². The molecule has 1 aliphatic heterocycles. The maximum absolute atomic E-state index is 5.78. The Morgan fingerprint density at radius 3 is 2.57 bits per heavy atom. The average Bonchev–Trinajstić information content (AvgIpc) is 2.57. The topological polar surface area (TPSA) is 16.9 Å². The van der Waals surface area contributed by atoms with Crippen LogP contribution in [0.1, 0.15) is 18.1 Å². The molecule has 1 N–H and O–H groups in total. The minimum atomic E-state index is 0.718. The van der Waals surface area contributed by atoms with Crippen LogP contribution in [-0.2, 0) is 6.54 Å². The quantitative estimate of drug-likeness (QED) is 0.912. The molecule has 0 saturated carbocycles. The molecule has 0 bridgehead atoms. The van der Waals surface area contributed by atoms with E-state index >= 15 is 0 Å². The van der Waals surface area contributed by atoms with Crippen molar-refractivity contribution in [1.29, 1.82) is 0 Å². The van der Waals surface area contributed by atoms with E-state index in [0.29, 0.717) is 0 Å². The molecule has 122 valence electrons. The normalized spacial score (nSPS) is 15.7. The van der Waals surface area contributed by atoms with Gasteiger partial charge in [0.05, 0.1) is 38.5 Å². The van der Waals surface area contributed by atoms with E-state index in [2.05, 4.69) is 54.3 Å². The molecule has 0 spiro atoms. The lowest BCUT2D eigenvalue weighted by atomic mass is 10.1. The van der Waals surface area contributed by atoms with Gasteiger partial charge in [0.2, 0.25) is 0 Å². The smallest absolute Gasteiger partial charge is 0.142 e. The van der Waals surface area contributed by atoms with E-state index in [4.69, 9.17) is 4.74 Å². The van der Waals surface area contributed by atoms with Gasteiger partial charge in [-0.2, -0.15) is 0 Å². The van der Waals surface area contributed by atoms with E-state index in [9.17, 15) is 0 Å². The Bertz CT molecular complexity index is 633. The van der Waals surface area contributed by atoms with Gasteiger partial charge in [-0.05, 0) is 26.0 Å². The summed E-state index contributed by atoms with van der Waals surface area (Å²) >= 11 is 0. The predicted molar refractivity (Wildman–Crippen MR) is 95.4 cm³/mol. The standard InChI is InChI=1S/C20H26N2O/c1-3-23-20-10-5-4-9-19(20)22-13-11-21(12-14-22)16-18-8-6-7-17(2)15-18/h4-10,15H,3,11-14,16H2,1-2H3/p+1. The summed E-state index contributed by atoms with van der Waals surface area (Å²) in [7, 11) is 0. The molecule has 2 aromatic carbocycles. The lowest BCUT2D eigenvalue weighted by molar-refractivity contribution is -0.914. The molecule has 0 radical (unpaired) electrons. The fourth-order valence-electron chi connectivity index (χ4n) is 3.35. The summed E-state index contributed by atoms with van der Waals surface area (Å²) in [6.45, 7) is 10.6. The molecule has 3 nitrogen and oxygen atoms in total. The van der Waals surface area contributed by atoms with Gasteiger partial charge in [-0.1, -0.05) is 42.0 Å². The number of aryl methyl sites for hydroxylation is 1. The Balaban J connectivity index is 1.60. The zero-order valence-electron chi connectivity index (χ0n) is 14.2. The SMILES string of the molecule is CCOc1ccccc1N1CC[NH+](Cc2cccc(C)c2)CC1. The third-order valence-corrected chi connectivity index (χ3v) is 4.51. The summed E-state index contributed by atoms with van der Waals surface area (Å²) in [6.07, 6.45) is 0. The van der Waals surface area contributed by atoms with Crippen LogP contribution >= 0.6 is 0 Å². The Hall–Kier alpha value is -2.00. The van der Waals surface area contributed by atoms with E-state index < -0.39 is 0 Å². The summed E-state index contributed by atoms with van der Waals surface area (Å²) < 4.78 is 5.78. The first-order valence-corrected chi connectivity index (χ1v) is 8.62. The Kier molecular flexibility index (Phi) is 5.19. The van der Waals surface area contributed by atoms with Gasteiger partial charge in [0.15, 0.2) is 0 Å². The molecular formula is C20H27N2O+. The van der Waals surface area contributed by atoms with Gasteiger partial charge in [0.1, 0.15) is 12.3 Å². The van der Waals surface area contributed by atoms with Crippen LogP contribution in [-0.4, -0.2) is 32.8 Å². The van der Waals surface area contributed by atoms with Crippen molar-refractivity contribution in [1.82, 2.24) is 0 Å². The van der Waals surface area contributed by atoms with Crippen LogP contribution in [0.2, 0.25) is 0 Å². The number of benzene rings is 2. The highest BCUT2D eigenvalue weighted by Gasteiger charge is 2.22. The van der Waals surface area contributed by atoms with Crippen LogP contribution in [0.3, 0.4) is 0 Å². The molecule has 1 fully saturated rings. The van der Waals surface area contributed by atoms with Gasteiger partial charge in [0, 0.05) is 5.56 Å². The number of ether oxygens (including phenoxy) is 1. The van der Waals surface area contributed by atoms with Crippen molar-refractivity contribution in [2.24, 2.45) is 0 Å². The third-order valence-electron chi connectivity index (χ3n) is 4.51. The molecular weight excluding hydrogens is 284 g/mol. The Morgan fingerprint density at radius 2 is 1.83 bits per heavy atom. The molecule has 1 saturated heterocycles. The summed E-state index contributed by atoms with van der Waals surface area (Å²) in [5.41, 5.74) is 4.04. The lowest BCUT2D eigenvalue weighted by Gasteiger charge is -2.34. The van der Waals surface area contributed by atoms with Gasteiger partial charge in [0.25, 0.3) is 0 Å². The fourth-order valence-corrected chi connectivity index (χ4v) is 3.35. The first-order valence-electron chi connectivity index (χ1n) is 8.62. The largest absolute Gasteiger partial charge is 0.492 e. The predicted octanol–water partition coefficient (Wildman–Crippen LogP) is 2.30. The van der Waals surface area contributed by atoms with Crippen LogP contribution in [0, 0.1) is 6.92 Å². The molecule has 2 aromatic rings. The van der Waals surface area contributed by atoms with Crippen molar-refractivity contribution in [3.63, 3.8) is 0 Å². The maximum atomic E-state index is 5.78. The van der Waals surface area contributed by atoms with Crippen molar-refractivity contribution in [3.8, 4) is 5.75 Å². The summed E-state index contributed by atoms with van der Waals surface area (Å²) in [6, 6.07) is 17.3. The van der Waals surface area contributed by atoms with Crippen LogP contribution in [0.4, 0.5) is 5.69 Å². The molecule has 1 aliphatic rings. The van der Waals surface area contributed by atoms with Crippen LogP contribution in [0.15, 0.2) is 48.5 Å². The van der Waals surface area contributed by atoms with E-state index in [-0.39, 0.29) is 0 Å². The first-order chi connectivity index (χ1) is 11.3. The number of piperazine rings is 1. The molecule has 1 heterocycles. The highest BCUT2D eigenvalue weighted by Crippen LogP contribution is 2.27. The minimum absolute atomic E-state index is 0.718. The van der Waals surface area contributed by atoms with Crippen molar-refractivity contribution in [2.45, 2.75) is 20.4 Å². The number of anilines is 1. The number of hydrogen-bond donors (Lipinski definition) is 1.